The summed E-state index contributed by atoms with van der Waals surface area (Å²) >= 11 is 0. The molecule has 23 heavy (non-hydrogen) atoms. The molecule has 0 radical (unpaired) electrons. The molecule has 1 saturated heterocycles. The second-order valence-electron chi connectivity index (χ2n) is 5.03. The Balaban J connectivity index is 3.24. The quantitative estimate of drug-likeness (QED) is 0.561. The maximum Gasteiger partial charge on any atom is 0.418 e. The molecule has 132 valence electrons. The van der Waals surface area contributed by atoms with Crippen LogP contribution in [0.4, 0.5) is 13.2 Å². The predicted octanol–water partition coefficient (Wildman–Crippen LogP) is 1.13. The zero-order chi connectivity index (χ0) is 17.9. The number of rotatable bonds is 3. The van der Waals surface area contributed by atoms with Crippen molar-refractivity contribution in [2.75, 3.05) is 0 Å². The third-order valence-corrected chi connectivity index (χ3v) is 3.00. The van der Waals surface area contributed by atoms with Crippen LogP contribution < -0.4 is 0 Å². The van der Waals surface area contributed by atoms with Gasteiger partial charge >= 0.3 is 24.1 Å². The highest BCUT2D eigenvalue weighted by molar-refractivity contribution is 5.68. The molecule has 1 rings (SSSR count). The third kappa shape index (κ3) is 5.08. The lowest BCUT2D eigenvalue weighted by atomic mass is 9.94. The first-order chi connectivity index (χ1) is 10.4. The third-order valence-electron chi connectivity index (χ3n) is 3.00. The predicted molar refractivity (Wildman–Crippen MR) is 67.1 cm³/mol. The van der Waals surface area contributed by atoms with Gasteiger partial charge in [0.05, 0.1) is 6.10 Å². The Bertz CT molecular complexity index is 477. The number of esters is 3. The van der Waals surface area contributed by atoms with Crippen LogP contribution >= 0.6 is 0 Å². The van der Waals surface area contributed by atoms with Crippen LogP contribution in [0.2, 0.25) is 0 Å². The zero-order valence-electron chi connectivity index (χ0n) is 12.9. The standard InChI is InChI=1S/C13H17F3O7/c1-5-9(21-6(2)17)10(22-7(3)18)11(23-8(4)19)12(20-5)13(14,15)16/h5,9-12H,1-4H3. The summed E-state index contributed by atoms with van der Waals surface area (Å²) in [7, 11) is 0. The molecule has 5 atom stereocenters. The van der Waals surface area contributed by atoms with Gasteiger partial charge in [0.2, 0.25) is 0 Å². The van der Waals surface area contributed by atoms with Crippen LogP contribution in [0.5, 0.6) is 0 Å². The van der Waals surface area contributed by atoms with Gasteiger partial charge in [0.25, 0.3) is 0 Å². The number of hydrogen-bond donors (Lipinski definition) is 0. The average Bonchev–Trinajstić information content (AvgIpc) is 2.33. The van der Waals surface area contributed by atoms with Crippen molar-refractivity contribution in [3.8, 4) is 0 Å². The number of halogens is 3. The zero-order valence-corrected chi connectivity index (χ0v) is 12.9. The van der Waals surface area contributed by atoms with Crippen LogP contribution in [-0.2, 0) is 33.3 Å². The van der Waals surface area contributed by atoms with E-state index in [4.69, 9.17) is 14.2 Å². The topological polar surface area (TPSA) is 88.1 Å². The Morgan fingerprint density at radius 1 is 0.826 bits per heavy atom. The van der Waals surface area contributed by atoms with E-state index >= 15 is 0 Å². The number of ether oxygens (including phenoxy) is 4. The van der Waals surface area contributed by atoms with Gasteiger partial charge in [-0.2, -0.15) is 13.2 Å². The summed E-state index contributed by atoms with van der Waals surface area (Å²) in [6, 6.07) is 0. The molecule has 5 unspecified atom stereocenters. The second kappa shape index (κ2) is 7.16. The molecule has 1 heterocycles. The lowest BCUT2D eigenvalue weighted by Crippen LogP contribution is -2.64. The van der Waals surface area contributed by atoms with Crippen molar-refractivity contribution < 1.29 is 46.5 Å². The maximum atomic E-state index is 13.2. The molecule has 0 aliphatic carbocycles. The lowest BCUT2D eigenvalue weighted by Gasteiger charge is -2.44. The minimum atomic E-state index is -4.88. The Morgan fingerprint density at radius 3 is 1.61 bits per heavy atom. The molecule has 1 fully saturated rings. The van der Waals surface area contributed by atoms with Gasteiger partial charge in [0, 0.05) is 20.8 Å². The van der Waals surface area contributed by atoms with Crippen molar-refractivity contribution in [2.45, 2.75) is 64.4 Å². The summed E-state index contributed by atoms with van der Waals surface area (Å²) in [5.41, 5.74) is 0. The molecule has 7 nitrogen and oxygen atoms in total. The Labute approximate surface area is 130 Å². The van der Waals surface area contributed by atoms with Crippen LogP contribution in [0, 0.1) is 0 Å². The van der Waals surface area contributed by atoms with Crippen molar-refractivity contribution in [3.05, 3.63) is 0 Å². The fourth-order valence-corrected chi connectivity index (χ4v) is 2.28. The number of hydrogen-bond acceptors (Lipinski definition) is 7. The number of carbonyl (C=O) groups is 3. The summed E-state index contributed by atoms with van der Waals surface area (Å²) in [6.07, 6.45) is -13.6. The molecule has 1 aliphatic heterocycles. The molecule has 0 amide bonds. The number of carbonyl (C=O) groups excluding carboxylic acids is 3. The molecule has 0 aromatic heterocycles. The smallest absolute Gasteiger partial charge is 0.418 e. The summed E-state index contributed by atoms with van der Waals surface area (Å²) in [5, 5.41) is 0. The van der Waals surface area contributed by atoms with E-state index in [1.807, 2.05) is 0 Å². The summed E-state index contributed by atoms with van der Waals surface area (Å²) in [4.78, 5) is 33.5. The van der Waals surface area contributed by atoms with E-state index in [1.165, 1.54) is 6.92 Å². The minimum absolute atomic E-state index is 0.811. The highest BCUT2D eigenvalue weighted by Gasteiger charge is 2.59. The first-order valence-corrected chi connectivity index (χ1v) is 6.67. The van der Waals surface area contributed by atoms with Crippen LogP contribution in [0.25, 0.3) is 0 Å². The molecule has 0 bridgehead atoms. The van der Waals surface area contributed by atoms with Crippen LogP contribution in [0.1, 0.15) is 27.7 Å². The van der Waals surface area contributed by atoms with Gasteiger partial charge in [-0.15, -0.1) is 0 Å². The Morgan fingerprint density at radius 2 is 1.22 bits per heavy atom. The van der Waals surface area contributed by atoms with Crippen molar-refractivity contribution in [2.24, 2.45) is 0 Å². The normalized spacial score (nSPS) is 31.2. The first kappa shape index (κ1) is 19.2. The van der Waals surface area contributed by atoms with E-state index in [2.05, 4.69) is 4.74 Å². The largest absolute Gasteiger partial charge is 0.456 e. The van der Waals surface area contributed by atoms with Crippen molar-refractivity contribution in [1.82, 2.24) is 0 Å². The molecule has 1 aliphatic rings. The fourth-order valence-electron chi connectivity index (χ4n) is 2.28. The van der Waals surface area contributed by atoms with E-state index < -0.39 is 54.6 Å². The summed E-state index contributed by atoms with van der Waals surface area (Å²) in [6.45, 7) is 4.14. The second-order valence-corrected chi connectivity index (χ2v) is 5.03. The highest BCUT2D eigenvalue weighted by Crippen LogP contribution is 2.36. The van der Waals surface area contributed by atoms with Crippen molar-refractivity contribution in [1.29, 1.82) is 0 Å². The van der Waals surface area contributed by atoms with E-state index in [9.17, 15) is 27.6 Å². The van der Waals surface area contributed by atoms with E-state index in [0.29, 0.717) is 0 Å². The molecule has 0 aromatic rings. The van der Waals surface area contributed by atoms with Gasteiger partial charge in [-0.3, -0.25) is 14.4 Å². The average molecular weight is 342 g/mol. The SMILES string of the molecule is CC(=O)OC1C(C)OC(C(F)(F)F)C(OC(C)=O)C1OC(C)=O. The molecule has 10 heteroatoms. The van der Waals surface area contributed by atoms with Gasteiger partial charge in [-0.05, 0) is 6.92 Å². The van der Waals surface area contributed by atoms with Crippen molar-refractivity contribution >= 4 is 17.9 Å². The van der Waals surface area contributed by atoms with E-state index in [0.717, 1.165) is 20.8 Å². The Hall–Kier alpha value is -1.84. The van der Waals surface area contributed by atoms with E-state index in [-0.39, 0.29) is 0 Å². The van der Waals surface area contributed by atoms with Crippen LogP contribution in [0.3, 0.4) is 0 Å². The van der Waals surface area contributed by atoms with Gasteiger partial charge < -0.3 is 18.9 Å². The maximum absolute atomic E-state index is 13.2. The monoisotopic (exact) mass is 342 g/mol. The lowest BCUT2D eigenvalue weighted by molar-refractivity contribution is -0.312. The molecule has 0 saturated carbocycles. The number of alkyl halides is 3. The molecule has 0 aromatic carbocycles. The molecular weight excluding hydrogens is 325 g/mol. The van der Waals surface area contributed by atoms with Crippen molar-refractivity contribution in [3.63, 3.8) is 0 Å². The first-order valence-electron chi connectivity index (χ1n) is 6.67. The summed E-state index contributed by atoms with van der Waals surface area (Å²) in [5.74, 6) is -2.75. The summed E-state index contributed by atoms with van der Waals surface area (Å²) < 4.78 is 58.7. The fraction of sp³-hybridized carbons (Fsp3) is 0.769. The molecular formula is C13H17F3O7. The van der Waals surface area contributed by atoms with Gasteiger partial charge in [-0.1, -0.05) is 0 Å². The molecule has 0 spiro atoms. The minimum Gasteiger partial charge on any atom is -0.456 e. The van der Waals surface area contributed by atoms with Gasteiger partial charge in [0.15, 0.2) is 24.4 Å². The van der Waals surface area contributed by atoms with Crippen LogP contribution in [0.15, 0.2) is 0 Å². The van der Waals surface area contributed by atoms with Gasteiger partial charge in [0.1, 0.15) is 0 Å². The molecule has 0 N–H and O–H groups in total. The van der Waals surface area contributed by atoms with Crippen LogP contribution in [-0.4, -0.2) is 54.6 Å². The Kier molecular flexibility index (Phi) is 5.98. The van der Waals surface area contributed by atoms with E-state index in [1.54, 1.807) is 0 Å². The highest BCUT2D eigenvalue weighted by atomic mass is 19.4. The van der Waals surface area contributed by atoms with Gasteiger partial charge in [-0.25, -0.2) is 0 Å².